The second-order valence-corrected chi connectivity index (χ2v) is 3.72. The highest BCUT2D eigenvalue weighted by Crippen LogP contribution is 2.12. The van der Waals surface area contributed by atoms with Crippen LogP contribution in [0, 0.1) is 12.3 Å². The number of aromatic nitrogens is 1. The van der Waals surface area contributed by atoms with Gasteiger partial charge in [-0.15, -0.1) is 6.42 Å². The van der Waals surface area contributed by atoms with Crippen molar-refractivity contribution in [2.45, 2.75) is 19.4 Å². The third kappa shape index (κ3) is 5.08. The van der Waals surface area contributed by atoms with Gasteiger partial charge in [-0.05, 0) is 18.6 Å². The maximum Gasteiger partial charge on any atom is 0.318 e. The van der Waals surface area contributed by atoms with Crippen LogP contribution in [0.25, 0.3) is 0 Å². The fourth-order valence-electron chi connectivity index (χ4n) is 1.49. The lowest BCUT2D eigenvalue weighted by atomic mass is 10.1. The molecular weight excluding hydrogens is 242 g/mol. The van der Waals surface area contributed by atoms with Gasteiger partial charge in [0.05, 0.1) is 11.7 Å². The number of guanidine groups is 1. The van der Waals surface area contributed by atoms with Crippen molar-refractivity contribution in [1.82, 2.24) is 15.6 Å². The van der Waals surface area contributed by atoms with Crippen LogP contribution in [-0.2, 0) is 0 Å². The molecule has 0 aliphatic carbocycles. The number of pyridine rings is 1. The molecule has 1 unspecified atom stereocenters. The second-order valence-electron chi connectivity index (χ2n) is 3.72. The molecule has 1 aromatic heterocycles. The molecule has 19 heavy (non-hydrogen) atoms. The van der Waals surface area contributed by atoms with Crippen LogP contribution in [0.3, 0.4) is 0 Å². The fraction of sp³-hybridized carbons (Fsp3) is 0.308. The molecule has 0 saturated carbocycles. The molecule has 0 spiro atoms. The number of primary amides is 1. The first-order valence-electron chi connectivity index (χ1n) is 5.89. The van der Waals surface area contributed by atoms with Crippen molar-refractivity contribution in [3.8, 4) is 12.3 Å². The number of terminal acetylenes is 1. The van der Waals surface area contributed by atoms with E-state index in [-0.39, 0.29) is 18.5 Å². The molecule has 0 aliphatic rings. The molecule has 0 radical (unpaired) electrons. The van der Waals surface area contributed by atoms with Gasteiger partial charge in [-0.25, -0.2) is 9.79 Å². The van der Waals surface area contributed by atoms with E-state index >= 15 is 0 Å². The molecule has 6 heteroatoms. The number of nitrogens with one attached hydrogen (secondary N) is 2. The van der Waals surface area contributed by atoms with E-state index in [1.165, 1.54) is 0 Å². The average Bonchev–Trinajstić information content (AvgIpc) is 2.42. The molecule has 1 heterocycles. The Balaban J connectivity index is 2.81. The molecule has 2 amide bonds. The Morgan fingerprint density at radius 3 is 2.95 bits per heavy atom. The van der Waals surface area contributed by atoms with Crippen molar-refractivity contribution in [3.63, 3.8) is 0 Å². The molecule has 100 valence electrons. The number of hydrogen-bond acceptors (Lipinski definition) is 3. The Kier molecular flexibility index (Phi) is 5.89. The average molecular weight is 259 g/mol. The topological polar surface area (TPSA) is 92.4 Å². The summed E-state index contributed by atoms with van der Waals surface area (Å²) in [6, 6.07) is 4.85. The zero-order chi connectivity index (χ0) is 14.1. The van der Waals surface area contributed by atoms with Crippen LogP contribution in [0.5, 0.6) is 0 Å². The second kappa shape index (κ2) is 7.71. The first-order valence-corrected chi connectivity index (χ1v) is 5.89. The first-order chi connectivity index (χ1) is 9.17. The highest BCUT2D eigenvalue weighted by molar-refractivity contribution is 5.95. The predicted octanol–water partition coefficient (Wildman–Crippen LogP) is 0.780. The summed E-state index contributed by atoms with van der Waals surface area (Å²) >= 11 is 0. The number of rotatable bonds is 4. The third-order valence-electron chi connectivity index (χ3n) is 2.33. The number of nitrogens with two attached hydrogens (primary N) is 1. The van der Waals surface area contributed by atoms with Crippen molar-refractivity contribution >= 4 is 12.0 Å². The first kappa shape index (κ1) is 14.5. The van der Waals surface area contributed by atoms with Gasteiger partial charge >= 0.3 is 6.03 Å². The molecule has 1 rings (SSSR count). The van der Waals surface area contributed by atoms with Crippen LogP contribution in [-0.4, -0.2) is 23.5 Å². The van der Waals surface area contributed by atoms with Gasteiger partial charge in [0.2, 0.25) is 5.96 Å². The van der Waals surface area contributed by atoms with Crippen LogP contribution in [0.1, 0.15) is 25.1 Å². The van der Waals surface area contributed by atoms with Gasteiger partial charge in [-0.3, -0.25) is 10.3 Å². The number of hydrogen-bond donors (Lipinski definition) is 3. The highest BCUT2D eigenvalue weighted by atomic mass is 16.2. The minimum atomic E-state index is -0.695. The summed E-state index contributed by atoms with van der Waals surface area (Å²) in [4.78, 5) is 19.2. The number of amides is 2. The van der Waals surface area contributed by atoms with E-state index in [2.05, 4.69) is 26.5 Å². The van der Waals surface area contributed by atoms with Gasteiger partial charge in [0, 0.05) is 6.20 Å². The van der Waals surface area contributed by atoms with Crippen molar-refractivity contribution in [1.29, 1.82) is 0 Å². The molecule has 1 atom stereocenters. The van der Waals surface area contributed by atoms with E-state index in [0.717, 1.165) is 12.1 Å². The summed E-state index contributed by atoms with van der Waals surface area (Å²) in [7, 11) is 0. The van der Waals surface area contributed by atoms with Crippen molar-refractivity contribution in [2.75, 3.05) is 6.54 Å². The summed E-state index contributed by atoms with van der Waals surface area (Å²) in [5, 5.41) is 5.47. The number of aliphatic imine (C=N–C) groups is 1. The van der Waals surface area contributed by atoms with Crippen LogP contribution < -0.4 is 16.4 Å². The summed E-state index contributed by atoms with van der Waals surface area (Å²) in [6.45, 7) is 2.15. The number of carbonyl (C=O) groups is 1. The number of urea groups is 1. The molecule has 0 saturated heterocycles. The summed E-state index contributed by atoms with van der Waals surface area (Å²) in [5.41, 5.74) is 5.93. The quantitative estimate of drug-likeness (QED) is 0.424. The lowest BCUT2D eigenvalue weighted by molar-refractivity contribution is 0.252. The smallest absolute Gasteiger partial charge is 0.318 e. The standard InChI is InChI=1S/C13H17N5O/c1-3-8-16-13(18-12(14)19)17-10(4-2)11-7-5-6-9-15-11/h1,5-7,9-10H,4,8H2,2H3,(H4,14,16,17,18,19). The maximum absolute atomic E-state index is 10.9. The summed E-state index contributed by atoms with van der Waals surface area (Å²) < 4.78 is 0. The minimum absolute atomic E-state index is 0.0791. The Morgan fingerprint density at radius 1 is 1.63 bits per heavy atom. The van der Waals surface area contributed by atoms with E-state index in [4.69, 9.17) is 12.2 Å². The van der Waals surface area contributed by atoms with Crippen LogP contribution in [0.2, 0.25) is 0 Å². The van der Waals surface area contributed by atoms with E-state index in [0.29, 0.717) is 0 Å². The zero-order valence-electron chi connectivity index (χ0n) is 10.8. The zero-order valence-corrected chi connectivity index (χ0v) is 10.8. The monoisotopic (exact) mass is 259 g/mol. The van der Waals surface area contributed by atoms with Gasteiger partial charge in [0.1, 0.15) is 6.54 Å². The summed E-state index contributed by atoms with van der Waals surface area (Å²) in [5.74, 6) is 2.62. The van der Waals surface area contributed by atoms with Gasteiger partial charge in [-0.1, -0.05) is 18.9 Å². The van der Waals surface area contributed by atoms with Crippen molar-refractivity contribution < 1.29 is 4.79 Å². The molecule has 1 aromatic rings. The molecule has 0 aromatic carbocycles. The van der Waals surface area contributed by atoms with Crippen LogP contribution in [0.15, 0.2) is 29.4 Å². The number of carbonyl (C=O) groups excluding carboxylic acids is 1. The fourth-order valence-corrected chi connectivity index (χ4v) is 1.49. The number of nitrogens with zero attached hydrogens (tertiary/aromatic N) is 2. The Morgan fingerprint density at radius 2 is 2.42 bits per heavy atom. The van der Waals surface area contributed by atoms with Gasteiger partial charge < -0.3 is 11.1 Å². The van der Waals surface area contributed by atoms with Crippen LogP contribution >= 0.6 is 0 Å². The van der Waals surface area contributed by atoms with Crippen molar-refractivity contribution in [2.24, 2.45) is 10.7 Å². The van der Waals surface area contributed by atoms with Gasteiger partial charge in [0.15, 0.2) is 0 Å². The maximum atomic E-state index is 10.9. The van der Waals surface area contributed by atoms with E-state index in [1.54, 1.807) is 6.20 Å². The van der Waals surface area contributed by atoms with Gasteiger partial charge in [-0.2, -0.15) is 0 Å². The van der Waals surface area contributed by atoms with E-state index in [9.17, 15) is 4.79 Å². The van der Waals surface area contributed by atoms with E-state index < -0.39 is 6.03 Å². The van der Waals surface area contributed by atoms with Crippen LogP contribution in [0.4, 0.5) is 4.79 Å². The Bertz CT molecular complexity index is 478. The summed E-state index contributed by atoms with van der Waals surface area (Å²) in [6.07, 6.45) is 7.62. The molecule has 6 nitrogen and oxygen atoms in total. The normalized spacial score (nSPS) is 12.3. The molecule has 0 aliphatic heterocycles. The minimum Gasteiger partial charge on any atom is -0.351 e. The molecular formula is C13H17N5O. The van der Waals surface area contributed by atoms with E-state index in [1.807, 2.05) is 25.1 Å². The molecule has 0 fully saturated rings. The molecule has 0 bridgehead atoms. The predicted molar refractivity (Wildman–Crippen MR) is 74.3 cm³/mol. The largest absolute Gasteiger partial charge is 0.351 e. The third-order valence-corrected chi connectivity index (χ3v) is 2.33. The molecule has 4 N–H and O–H groups in total. The van der Waals surface area contributed by atoms with Gasteiger partial charge in [0.25, 0.3) is 0 Å². The Hall–Kier alpha value is -2.55. The van der Waals surface area contributed by atoms with Crippen molar-refractivity contribution in [3.05, 3.63) is 30.1 Å². The Labute approximate surface area is 112 Å². The lowest BCUT2D eigenvalue weighted by Gasteiger charge is -2.18. The highest BCUT2D eigenvalue weighted by Gasteiger charge is 2.13. The lowest BCUT2D eigenvalue weighted by Crippen LogP contribution is -2.45. The SMILES string of the molecule is C#CCN=C(NC(N)=O)NC(CC)c1ccccn1.